The molecule has 1 aliphatic carbocycles. The van der Waals surface area contributed by atoms with Crippen LogP contribution < -0.4 is 10.6 Å². The number of carbonyl (C=O) groups is 1. The van der Waals surface area contributed by atoms with Crippen LogP contribution in [0.15, 0.2) is 30.3 Å². The van der Waals surface area contributed by atoms with Crippen LogP contribution in [0, 0.1) is 5.92 Å². The van der Waals surface area contributed by atoms with Gasteiger partial charge in [0.25, 0.3) is 0 Å². The van der Waals surface area contributed by atoms with Gasteiger partial charge in [0.05, 0.1) is 0 Å². The highest BCUT2D eigenvalue weighted by molar-refractivity contribution is 5.74. The zero-order chi connectivity index (χ0) is 15.2. The molecule has 1 atom stereocenters. The smallest absolute Gasteiger partial charge is 0.315 e. The number of hydrogen-bond acceptors (Lipinski definition) is 2. The molecule has 1 aromatic carbocycles. The van der Waals surface area contributed by atoms with Gasteiger partial charge < -0.3 is 15.4 Å². The van der Waals surface area contributed by atoms with E-state index in [1.807, 2.05) is 0 Å². The third kappa shape index (κ3) is 4.23. The summed E-state index contributed by atoms with van der Waals surface area (Å²) in [5.74, 6) is 1.29. The van der Waals surface area contributed by atoms with Crippen molar-refractivity contribution in [3.05, 3.63) is 35.9 Å². The quantitative estimate of drug-likeness (QED) is 0.898. The van der Waals surface area contributed by atoms with Crippen LogP contribution in [0.3, 0.4) is 0 Å². The molecule has 4 heteroatoms. The van der Waals surface area contributed by atoms with Gasteiger partial charge >= 0.3 is 6.03 Å². The molecule has 2 aliphatic rings. The Hall–Kier alpha value is -1.55. The Morgan fingerprint density at radius 2 is 1.95 bits per heavy atom. The molecule has 0 unspecified atom stereocenters. The maximum Gasteiger partial charge on any atom is 0.315 e. The Morgan fingerprint density at radius 1 is 1.14 bits per heavy atom. The van der Waals surface area contributed by atoms with Gasteiger partial charge in [0.15, 0.2) is 0 Å². The van der Waals surface area contributed by atoms with E-state index in [1.165, 1.54) is 18.4 Å². The number of nitrogens with one attached hydrogen (secondary N) is 2. The second-order valence-electron chi connectivity index (χ2n) is 6.54. The summed E-state index contributed by atoms with van der Waals surface area (Å²) in [6.45, 7) is 2.37. The SMILES string of the molecule is O=C(NCC1CC(c2ccccc2)C1)N[C@@H]1CCCOCC1. The van der Waals surface area contributed by atoms with Gasteiger partial charge in [0.1, 0.15) is 0 Å². The van der Waals surface area contributed by atoms with E-state index in [1.54, 1.807) is 0 Å². The first-order valence-electron chi connectivity index (χ1n) is 8.48. The Kier molecular flexibility index (Phi) is 5.33. The molecule has 0 radical (unpaired) electrons. The summed E-state index contributed by atoms with van der Waals surface area (Å²) in [7, 11) is 0. The standard InChI is InChI=1S/C18H26N2O2/c21-18(20-17-7-4-9-22-10-8-17)19-13-14-11-16(12-14)15-5-2-1-3-6-15/h1-3,5-6,14,16-17H,4,7-13H2,(H2,19,20,21)/t14?,16?,17-/m1/s1. The van der Waals surface area contributed by atoms with Crippen LogP contribution >= 0.6 is 0 Å². The summed E-state index contributed by atoms with van der Waals surface area (Å²) in [6.07, 6.45) is 5.34. The predicted octanol–water partition coefficient (Wildman–Crippen LogP) is 3.05. The van der Waals surface area contributed by atoms with Gasteiger partial charge in [-0.25, -0.2) is 4.79 Å². The minimum absolute atomic E-state index is 0.0185. The Labute approximate surface area is 132 Å². The highest BCUT2D eigenvalue weighted by Crippen LogP contribution is 2.40. The predicted molar refractivity (Wildman–Crippen MR) is 86.9 cm³/mol. The molecule has 1 saturated heterocycles. The molecule has 2 N–H and O–H groups in total. The van der Waals surface area contributed by atoms with Crippen molar-refractivity contribution in [2.45, 2.75) is 44.1 Å². The number of rotatable bonds is 4. The lowest BCUT2D eigenvalue weighted by atomic mass is 9.71. The van der Waals surface area contributed by atoms with E-state index in [2.05, 4.69) is 41.0 Å². The van der Waals surface area contributed by atoms with Crippen LogP contribution in [0.2, 0.25) is 0 Å². The summed E-state index contributed by atoms with van der Waals surface area (Å²) in [4.78, 5) is 12.0. The highest BCUT2D eigenvalue weighted by atomic mass is 16.5. The summed E-state index contributed by atoms with van der Waals surface area (Å²) < 4.78 is 5.41. The zero-order valence-corrected chi connectivity index (χ0v) is 13.1. The van der Waals surface area contributed by atoms with E-state index in [4.69, 9.17) is 4.74 Å². The molecule has 2 fully saturated rings. The van der Waals surface area contributed by atoms with E-state index in [0.717, 1.165) is 39.0 Å². The molecule has 22 heavy (non-hydrogen) atoms. The van der Waals surface area contributed by atoms with Gasteiger partial charge in [0.2, 0.25) is 0 Å². The monoisotopic (exact) mass is 302 g/mol. The number of urea groups is 1. The van der Waals surface area contributed by atoms with Gasteiger partial charge in [-0.3, -0.25) is 0 Å². The normalized spacial score (nSPS) is 28.3. The molecule has 4 nitrogen and oxygen atoms in total. The summed E-state index contributed by atoms with van der Waals surface area (Å²) in [5.41, 5.74) is 1.43. The lowest BCUT2D eigenvalue weighted by molar-refractivity contribution is 0.142. The van der Waals surface area contributed by atoms with Crippen molar-refractivity contribution in [2.24, 2.45) is 5.92 Å². The number of amides is 2. The topological polar surface area (TPSA) is 50.4 Å². The summed E-state index contributed by atoms with van der Waals surface area (Å²) in [6, 6.07) is 10.9. The molecule has 0 bridgehead atoms. The Morgan fingerprint density at radius 3 is 2.77 bits per heavy atom. The van der Waals surface area contributed by atoms with Crippen molar-refractivity contribution in [3.63, 3.8) is 0 Å². The van der Waals surface area contributed by atoms with Crippen molar-refractivity contribution in [1.29, 1.82) is 0 Å². The molecule has 0 spiro atoms. The second-order valence-corrected chi connectivity index (χ2v) is 6.54. The van der Waals surface area contributed by atoms with E-state index >= 15 is 0 Å². The number of carbonyl (C=O) groups excluding carboxylic acids is 1. The van der Waals surface area contributed by atoms with Gasteiger partial charge in [0, 0.05) is 25.8 Å². The Balaban J connectivity index is 1.33. The van der Waals surface area contributed by atoms with Crippen LogP contribution in [0.4, 0.5) is 4.79 Å². The van der Waals surface area contributed by atoms with Crippen molar-refractivity contribution >= 4 is 6.03 Å². The lowest BCUT2D eigenvalue weighted by Gasteiger charge is -2.36. The Bertz CT molecular complexity index is 463. The van der Waals surface area contributed by atoms with Crippen LogP contribution in [-0.4, -0.2) is 31.8 Å². The van der Waals surface area contributed by atoms with Crippen LogP contribution in [0.1, 0.15) is 43.6 Å². The van der Waals surface area contributed by atoms with E-state index < -0.39 is 0 Å². The van der Waals surface area contributed by atoms with Crippen LogP contribution in [0.5, 0.6) is 0 Å². The largest absolute Gasteiger partial charge is 0.381 e. The minimum atomic E-state index is -0.0185. The van der Waals surface area contributed by atoms with E-state index in [9.17, 15) is 4.79 Å². The minimum Gasteiger partial charge on any atom is -0.381 e. The average molecular weight is 302 g/mol. The molecule has 1 aromatic rings. The van der Waals surface area contributed by atoms with Gasteiger partial charge in [-0.05, 0) is 49.5 Å². The maximum atomic E-state index is 12.0. The van der Waals surface area contributed by atoms with Gasteiger partial charge in [-0.1, -0.05) is 30.3 Å². The van der Waals surface area contributed by atoms with E-state index in [-0.39, 0.29) is 12.1 Å². The summed E-state index contributed by atoms with van der Waals surface area (Å²) in [5, 5.41) is 6.11. The maximum absolute atomic E-state index is 12.0. The van der Waals surface area contributed by atoms with E-state index in [0.29, 0.717) is 11.8 Å². The molecule has 2 amide bonds. The highest BCUT2D eigenvalue weighted by Gasteiger charge is 2.30. The molecule has 0 aromatic heterocycles. The van der Waals surface area contributed by atoms with Gasteiger partial charge in [-0.2, -0.15) is 0 Å². The lowest BCUT2D eigenvalue weighted by Crippen LogP contribution is -2.45. The fraction of sp³-hybridized carbons (Fsp3) is 0.611. The number of benzene rings is 1. The molecule has 1 saturated carbocycles. The van der Waals surface area contributed by atoms with Crippen molar-refractivity contribution in [1.82, 2.24) is 10.6 Å². The molecule has 120 valence electrons. The van der Waals surface area contributed by atoms with Crippen LogP contribution in [0.25, 0.3) is 0 Å². The fourth-order valence-electron chi connectivity index (χ4n) is 3.42. The first-order valence-corrected chi connectivity index (χ1v) is 8.48. The molecular formula is C18H26N2O2. The number of hydrogen-bond donors (Lipinski definition) is 2. The van der Waals surface area contributed by atoms with Crippen LogP contribution in [-0.2, 0) is 4.74 Å². The van der Waals surface area contributed by atoms with Crippen molar-refractivity contribution in [2.75, 3.05) is 19.8 Å². The number of ether oxygens (including phenoxy) is 1. The average Bonchev–Trinajstić information content (AvgIpc) is 2.75. The summed E-state index contributed by atoms with van der Waals surface area (Å²) >= 11 is 0. The molecule has 1 heterocycles. The molecule has 3 rings (SSSR count). The third-order valence-corrected chi connectivity index (χ3v) is 4.85. The first kappa shape index (κ1) is 15.3. The third-order valence-electron chi connectivity index (χ3n) is 4.85. The first-order chi connectivity index (χ1) is 10.8. The van der Waals surface area contributed by atoms with Crippen molar-refractivity contribution < 1.29 is 9.53 Å². The second kappa shape index (κ2) is 7.63. The zero-order valence-electron chi connectivity index (χ0n) is 13.1. The van der Waals surface area contributed by atoms with Crippen molar-refractivity contribution in [3.8, 4) is 0 Å². The molecule has 1 aliphatic heterocycles. The van der Waals surface area contributed by atoms with Gasteiger partial charge in [-0.15, -0.1) is 0 Å². The molecular weight excluding hydrogens is 276 g/mol. The fourth-order valence-corrected chi connectivity index (χ4v) is 3.42.